The fourth-order valence-corrected chi connectivity index (χ4v) is 3.42. The van der Waals surface area contributed by atoms with Crippen LogP contribution in [0.3, 0.4) is 0 Å². The van der Waals surface area contributed by atoms with Gasteiger partial charge in [-0.2, -0.15) is 0 Å². The zero-order valence-electron chi connectivity index (χ0n) is 7.60. The lowest BCUT2D eigenvalue weighted by Gasteiger charge is -2.41. The fraction of sp³-hybridized carbons (Fsp3) is 1.00. The van der Waals surface area contributed by atoms with Gasteiger partial charge in [-0.05, 0) is 0 Å². The molecule has 0 aromatic rings. The number of aliphatic hydroxyl groups excluding tert-OH is 1. The Kier molecular flexibility index (Phi) is 1.13. The number of hydrogen-bond acceptors (Lipinski definition) is 2. The topological polar surface area (TPSA) is 29.5 Å². The second kappa shape index (κ2) is 1.86. The molecule has 4 rings (SSSR count). The smallest absolute Gasteiger partial charge is 0.141 e. The lowest BCUT2D eigenvalue weighted by atomic mass is 9.98. The Bertz CT molecular complexity index is 225. The van der Waals surface area contributed by atoms with E-state index in [1.165, 1.54) is 0 Å². The molecular formula is C9H16NO2+. The number of aliphatic hydroxyl groups is 1. The Morgan fingerprint density at radius 2 is 1.92 bits per heavy atom. The Balaban J connectivity index is 2.06. The number of piperidine rings is 1. The standard InChI is InChI=1S/C9H16NO2/c1-10(2)6-3-5-4-7(10)9(12-5)8(6)11/h5-9,11H,3-4H2,1-2H3/q+1/t5-,6+,7-,8-,9-/m0/s1. The quantitative estimate of drug-likeness (QED) is 0.507. The van der Waals surface area contributed by atoms with E-state index in [0.717, 1.165) is 17.3 Å². The second-order valence-electron chi connectivity index (χ2n) is 4.95. The van der Waals surface area contributed by atoms with E-state index in [1.807, 2.05) is 0 Å². The van der Waals surface area contributed by atoms with Gasteiger partial charge in [-0.1, -0.05) is 0 Å². The van der Waals surface area contributed by atoms with Crippen LogP contribution in [0.2, 0.25) is 0 Å². The van der Waals surface area contributed by atoms with E-state index in [0.29, 0.717) is 18.2 Å². The molecule has 0 aromatic heterocycles. The predicted molar refractivity (Wildman–Crippen MR) is 43.6 cm³/mol. The summed E-state index contributed by atoms with van der Waals surface area (Å²) in [5, 5.41) is 9.90. The Labute approximate surface area is 72.5 Å². The van der Waals surface area contributed by atoms with Gasteiger partial charge in [0.25, 0.3) is 0 Å². The maximum absolute atomic E-state index is 9.90. The monoisotopic (exact) mass is 170 g/mol. The molecule has 1 N–H and O–H groups in total. The predicted octanol–water partition coefficient (Wildman–Crippen LogP) is -0.264. The van der Waals surface area contributed by atoms with Crippen molar-refractivity contribution in [1.82, 2.24) is 0 Å². The summed E-state index contributed by atoms with van der Waals surface area (Å²) in [4.78, 5) is 0. The molecule has 3 nitrogen and oxygen atoms in total. The molecule has 68 valence electrons. The van der Waals surface area contributed by atoms with Crippen molar-refractivity contribution in [3.05, 3.63) is 0 Å². The number of ether oxygens (including phenoxy) is 1. The van der Waals surface area contributed by atoms with Crippen LogP contribution in [0.25, 0.3) is 0 Å². The molecule has 0 amide bonds. The molecule has 4 saturated heterocycles. The summed E-state index contributed by atoms with van der Waals surface area (Å²) in [6, 6.07) is 0.997. The van der Waals surface area contributed by atoms with Gasteiger partial charge >= 0.3 is 0 Å². The Hall–Kier alpha value is -0.120. The SMILES string of the molecule is C[N+]1(C)[C@@H]2C[C@H]3C[C@H]1[C@H](O3)[C@H]2O. The molecule has 4 aliphatic heterocycles. The van der Waals surface area contributed by atoms with Crippen LogP contribution in [0.5, 0.6) is 0 Å². The highest BCUT2D eigenvalue weighted by Gasteiger charge is 2.66. The molecule has 0 radical (unpaired) electrons. The number of hydrogen-bond donors (Lipinski definition) is 1. The van der Waals surface area contributed by atoms with Crippen LogP contribution < -0.4 is 0 Å². The number of nitrogens with zero attached hydrogens (tertiary/aromatic N) is 1. The highest BCUT2D eigenvalue weighted by Crippen LogP contribution is 2.48. The van der Waals surface area contributed by atoms with Crippen LogP contribution in [0.15, 0.2) is 0 Å². The highest BCUT2D eigenvalue weighted by atomic mass is 16.5. The maximum Gasteiger partial charge on any atom is 0.141 e. The van der Waals surface area contributed by atoms with Crippen molar-refractivity contribution in [2.75, 3.05) is 14.1 Å². The molecule has 0 aromatic carbocycles. The lowest BCUT2D eigenvalue weighted by Crippen LogP contribution is -2.56. The molecule has 4 heterocycles. The van der Waals surface area contributed by atoms with Crippen LogP contribution in [0, 0.1) is 0 Å². The first-order valence-corrected chi connectivity index (χ1v) is 4.77. The Morgan fingerprint density at radius 3 is 2.50 bits per heavy atom. The molecule has 0 saturated carbocycles. The van der Waals surface area contributed by atoms with Crippen LogP contribution in [0.1, 0.15) is 12.8 Å². The van der Waals surface area contributed by atoms with E-state index in [4.69, 9.17) is 4.74 Å². The molecule has 4 aliphatic rings. The van der Waals surface area contributed by atoms with Gasteiger partial charge in [0.15, 0.2) is 0 Å². The van der Waals surface area contributed by atoms with Crippen molar-refractivity contribution in [1.29, 1.82) is 0 Å². The van der Waals surface area contributed by atoms with Crippen molar-refractivity contribution in [2.24, 2.45) is 0 Å². The number of rotatable bonds is 0. The van der Waals surface area contributed by atoms with Crippen molar-refractivity contribution < 1.29 is 14.3 Å². The van der Waals surface area contributed by atoms with Crippen LogP contribution in [-0.2, 0) is 4.74 Å². The first-order valence-electron chi connectivity index (χ1n) is 4.77. The third kappa shape index (κ3) is 0.605. The minimum atomic E-state index is -0.205. The first kappa shape index (κ1) is 7.30. The molecule has 12 heavy (non-hydrogen) atoms. The third-order valence-electron chi connectivity index (χ3n) is 4.18. The van der Waals surface area contributed by atoms with Crippen LogP contribution >= 0.6 is 0 Å². The van der Waals surface area contributed by atoms with Gasteiger partial charge in [0.2, 0.25) is 0 Å². The van der Waals surface area contributed by atoms with E-state index in [-0.39, 0.29) is 12.2 Å². The van der Waals surface area contributed by atoms with Gasteiger partial charge in [0.05, 0.1) is 20.2 Å². The van der Waals surface area contributed by atoms with E-state index in [9.17, 15) is 5.11 Å². The van der Waals surface area contributed by atoms with E-state index in [2.05, 4.69) is 14.1 Å². The first-order chi connectivity index (χ1) is 5.60. The van der Waals surface area contributed by atoms with Crippen molar-refractivity contribution in [2.45, 2.75) is 43.2 Å². The van der Waals surface area contributed by atoms with Gasteiger partial charge in [0, 0.05) is 12.8 Å². The minimum Gasteiger partial charge on any atom is -0.384 e. The zero-order valence-corrected chi connectivity index (χ0v) is 7.60. The van der Waals surface area contributed by atoms with Gasteiger partial charge in [-0.3, -0.25) is 0 Å². The summed E-state index contributed by atoms with van der Waals surface area (Å²) in [6.07, 6.45) is 2.61. The average molecular weight is 170 g/mol. The van der Waals surface area contributed by atoms with Gasteiger partial charge in [-0.25, -0.2) is 0 Å². The molecule has 0 spiro atoms. The molecule has 4 fully saturated rings. The third-order valence-corrected chi connectivity index (χ3v) is 4.18. The largest absolute Gasteiger partial charge is 0.384 e. The van der Waals surface area contributed by atoms with Gasteiger partial charge < -0.3 is 14.3 Å². The second-order valence-corrected chi connectivity index (χ2v) is 4.95. The maximum atomic E-state index is 9.90. The van der Waals surface area contributed by atoms with E-state index >= 15 is 0 Å². The van der Waals surface area contributed by atoms with E-state index in [1.54, 1.807) is 0 Å². The fourth-order valence-electron chi connectivity index (χ4n) is 3.42. The van der Waals surface area contributed by atoms with Crippen molar-refractivity contribution in [3.8, 4) is 0 Å². The summed E-state index contributed by atoms with van der Waals surface area (Å²) in [5.74, 6) is 0. The van der Waals surface area contributed by atoms with Crippen LogP contribution in [-0.4, -0.2) is 54.1 Å². The highest BCUT2D eigenvalue weighted by molar-refractivity contribution is 5.04. The lowest BCUT2D eigenvalue weighted by molar-refractivity contribution is -0.930. The number of likely N-dealkylation sites (N-methyl/N-ethyl adjacent to an activating group) is 1. The summed E-state index contributed by atoms with van der Waals surface area (Å²) in [5.41, 5.74) is 0. The summed E-state index contributed by atoms with van der Waals surface area (Å²) < 4.78 is 6.71. The molecular weight excluding hydrogens is 154 g/mol. The van der Waals surface area contributed by atoms with Crippen molar-refractivity contribution >= 4 is 0 Å². The Morgan fingerprint density at radius 1 is 1.25 bits per heavy atom. The minimum absolute atomic E-state index is 0.142. The van der Waals surface area contributed by atoms with Crippen LogP contribution in [0.4, 0.5) is 0 Å². The summed E-state index contributed by atoms with van der Waals surface area (Å²) >= 11 is 0. The molecule has 0 unspecified atom stereocenters. The van der Waals surface area contributed by atoms with E-state index < -0.39 is 0 Å². The normalized spacial score (nSPS) is 59.8. The summed E-state index contributed by atoms with van der Waals surface area (Å²) in [6.45, 7) is 0. The van der Waals surface area contributed by atoms with Gasteiger partial charge in [-0.15, -0.1) is 0 Å². The van der Waals surface area contributed by atoms with Crippen molar-refractivity contribution in [3.63, 3.8) is 0 Å². The molecule has 0 aliphatic carbocycles. The summed E-state index contributed by atoms with van der Waals surface area (Å²) in [7, 11) is 4.45. The molecule has 4 bridgehead atoms. The van der Waals surface area contributed by atoms with Gasteiger partial charge in [0.1, 0.15) is 24.3 Å². The average Bonchev–Trinajstić information content (AvgIpc) is 2.39. The zero-order chi connectivity index (χ0) is 8.51. The molecule has 5 atom stereocenters. The molecule has 3 heteroatoms. The number of quaternary nitrogens is 1.